The summed E-state index contributed by atoms with van der Waals surface area (Å²) in [6.45, 7) is 4.42. The highest BCUT2D eigenvalue weighted by Crippen LogP contribution is 2.19. The minimum Gasteiger partial charge on any atom is -0.467 e. The molecule has 2 aromatic heterocycles. The number of Topliss-reactive ketones (excluding diaryl/α,β-unsaturated/α-hetero) is 1. The molecule has 2 aromatic carbocycles. The van der Waals surface area contributed by atoms with Gasteiger partial charge in [-0.2, -0.15) is 9.97 Å². The number of nitrogens with two attached hydrogens (primary N) is 1. The Kier molecular flexibility index (Phi) is 12.2. The zero-order valence-corrected chi connectivity index (χ0v) is 26.6. The van der Waals surface area contributed by atoms with Gasteiger partial charge in [-0.15, -0.1) is 0 Å². The average molecular weight is 645 g/mol. The highest BCUT2D eigenvalue weighted by molar-refractivity contribution is 6.38. The van der Waals surface area contributed by atoms with E-state index in [-0.39, 0.29) is 43.7 Å². The summed E-state index contributed by atoms with van der Waals surface area (Å²) in [5.74, 6) is -2.03. The standard InChI is InChI=1S/C33H40N8O6/c1-21(2)17-25(38-33(45)47-19-23-13-8-5-9-14-23)30(43)37-24(18-22-11-6-4-7-12-22)27(42)31(44)35-15-10-16-41-20-36-26-28(34)39-32(46-3)40-29(26)41/h4-9,11-14,20-21,24-25H,10,15-19H2,1-3H3,(H,35,44)(H,37,43)(H,38,45)(H2,34,39,40)/t24?,25-/m0/s1. The lowest BCUT2D eigenvalue weighted by atomic mass is 9.99. The first-order valence-electron chi connectivity index (χ1n) is 15.3. The van der Waals surface area contributed by atoms with E-state index < -0.39 is 35.8 Å². The largest absolute Gasteiger partial charge is 0.467 e. The van der Waals surface area contributed by atoms with Gasteiger partial charge < -0.3 is 35.7 Å². The first-order valence-corrected chi connectivity index (χ1v) is 15.3. The number of hydrogen-bond donors (Lipinski definition) is 4. The zero-order chi connectivity index (χ0) is 33.8. The number of alkyl carbamates (subject to hydrolysis) is 1. The summed E-state index contributed by atoms with van der Waals surface area (Å²) >= 11 is 0. The fourth-order valence-electron chi connectivity index (χ4n) is 4.84. The number of ketones is 1. The van der Waals surface area contributed by atoms with Crippen LogP contribution in [-0.4, -0.2) is 68.9 Å². The van der Waals surface area contributed by atoms with Gasteiger partial charge in [0.15, 0.2) is 11.5 Å². The molecule has 0 fully saturated rings. The van der Waals surface area contributed by atoms with Crippen LogP contribution in [0.4, 0.5) is 10.6 Å². The Bertz CT molecular complexity index is 1660. The van der Waals surface area contributed by atoms with Crippen LogP contribution in [0, 0.1) is 5.92 Å². The number of aromatic nitrogens is 4. The summed E-state index contributed by atoms with van der Waals surface area (Å²) in [7, 11) is 1.43. The zero-order valence-electron chi connectivity index (χ0n) is 26.6. The Labute approximate surface area is 272 Å². The molecule has 47 heavy (non-hydrogen) atoms. The van der Waals surface area contributed by atoms with Crippen LogP contribution in [0.3, 0.4) is 0 Å². The van der Waals surface area contributed by atoms with Crippen molar-refractivity contribution in [3.63, 3.8) is 0 Å². The molecule has 0 saturated carbocycles. The fourth-order valence-corrected chi connectivity index (χ4v) is 4.84. The van der Waals surface area contributed by atoms with Crippen LogP contribution in [0.15, 0.2) is 67.0 Å². The summed E-state index contributed by atoms with van der Waals surface area (Å²) in [4.78, 5) is 65.1. The Balaban J connectivity index is 1.38. The van der Waals surface area contributed by atoms with Gasteiger partial charge in [-0.1, -0.05) is 74.5 Å². The van der Waals surface area contributed by atoms with Crippen LogP contribution in [0.25, 0.3) is 11.2 Å². The van der Waals surface area contributed by atoms with E-state index in [0.29, 0.717) is 24.1 Å². The first-order chi connectivity index (χ1) is 22.6. The molecule has 0 saturated heterocycles. The van der Waals surface area contributed by atoms with Crippen molar-refractivity contribution in [2.75, 3.05) is 19.4 Å². The number of anilines is 1. The van der Waals surface area contributed by atoms with E-state index in [9.17, 15) is 19.2 Å². The van der Waals surface area contributed by atoms with Gasteiger partial charge in [0.1, 0.15) is 24.2 Å². The van der Waals surface area contributed by atoms with Crippen molar-refractivity contribution >= 4 is 40.7 Å². The van der Waals surface area contributed by atoms with Crippen LogP contribution >= 0.6 is 0 Å². The molecule has 0 radical (unpaired) electrons. The number of nitrogens with zero attached hydrogens (tertiary/aromatic N) is 4. The maximum absolute atomic E-state index is 13.5. The molecule has 5 N–H and O–H groups in total. The second kappa shape index (κ2) is 16.7. The molecular formula is C33H40N8O6. The molecule has 1 unspecified atom stereocenters. The lowest BCUT2D eigenvalue weighted by Gasteiger charge is -2.24. The smallest absolute Gasteiger partial charge is 0.408 e. The van der Waals surface area contributed by atoms with Crippen molar-refractivity contribution in [2.24, 2.45) is 5.92 Å². The number of ether oxygens (including phenoxy) is 2. The SMILES string of the molecule is COc1nc(N)c2ncn(CCCNC(=O)C(=O)C(Cc3ccccc3)NC(=O)[C@H](CC(C)C)NC(=O)OCc3ccccc3)c2n1. The number of nitrogen functional groups attached to an aromatic ring is 1. The highest BCUT2D eigenvalue weighted by Gasteiger charge is 2.31. The summed E-state index contributed by atoms with van der Waals surface area (Å²) in [5.41, 5.74) is 8.39. The second-order valence-electron chi connectivity index (χ2n) is 11.3. The third-order valence-electron chi connectivity index (χ3n) is 7.18. The summed E-state index contributed by atoms with van der Waals surface area (Å²) in [6.07, 6.45) is 1.60. The molecular weight excluding hydrogens is 604 g/mol. The molecule has 0 aliphatic carbocycles. The van der Waals surface area contributed by atoms with Gasteiger partial charge in [-0.3, -0.25) is 14.4 Å². The Morgan fingerprint density at radius 1 is 0.915 bits per heavy atom. The van der Waals surface area contributed by atoms with Crippen LogP contribution in [0.2, 0.25) is 0 Å². The number of imidazole rings is 1. The molecule has 14 heteroatoms. The van der Waals surface area contributed by atoms with E-state index >= 15 is 0 Å². The molecule has 14 nitrogen and oxygen atoms in total. The third-order valence-corrected chi connectivity index (χ3v) is 7.18. The Morgan fingerprint density at radius 2 is 1.60 bits per heavy atom. The second-order valence-corrected chi connectivity index (χ2v) is 11.3. The topological polar surface area (TPSA) is 192 Å². The van der Waals surface area contributed by atoms with Crippen molar-refractivity contribution in [2.45, 2.75) is 58.3 Å². The third kappa shape index (κ3) is 9.98. The highest BCUT2D eigenvalue weighted by atomic mass is 16.5. The van der Waals surface area contributed by atoms with Crippen molar-refractivity contribution in [3.8, 4) is 6.01 Å². The van der Waals surface area contributed by atoms with Crippen molar-refractivity contribution < 1.29 is 28.7 Å². The molecule has 2 atom stereocenters. The number of amides is 3. The average Bonchev–Trinajstić information content (AvgIpc) is 3.48. The van der Waals surface area contributed by atoms with E-state index in [1.165, 1.54) is 7.11 Å². The number of benzene rings is 2. The van der Waals surface area contributed by atoms with E-state index in [4.69, 9.17) is 15.2 Å². The summed E-state index contributed by atoms with van der Waals surface area (Å²) in [5, 5.41) is 7.97. The number of rotatable bonds is 16. The van der Waals surface area contributed by atoms with E-state index in [2.05, 4.69) is 30.9 Å². The van der Waals surface area contributed by atoms with Gasteiger partial charge in [0.25, 0.3) is 5.91 Å². The number of nitrogens with one attached hydrogen (secondary N) is 3. The molecule has 4 aromatic rings. The number of carbonyl (C=O) groups is 4. The molecule has 0 aliphatic heterocycles. The monoisotopic (exact) mass is 644 g/mol. The minimum atomic E-state index is -1.17. The van der Waals surface area contributed by atoms with Crippen LogP contribution in [0.5, 0.6) is 6.01 Å². The number of fused-ring (bicyclic) bond motifs is 1. The number of carbonyl (C=O) groups excluding carboxylic acids is 4. The fraction of sp³-hybridized carbons (Fsp3) is 0.364. The van der Waals surface area contributed by atoms with Crippen LogP contribution in [-0.2, 0) is 38.7 Å². The van der Waals surface area contributed by atoms with Crippen molar-refractivity contribution in [1.82, 2.24) is 35.5 Å². The molecule has 0 aliphatic rings. The molecule has 4 rings (SSSR count). The normalized spacial score (nSPS) is 12.3. The quantitative estimate of drug-likeness (QED) is 0.104. The predicted octanol–water partition coefficient (Wildman–Crippen LogP) is 2.56. The molecule has 0 bridgehead atoms. The van der Waals surface area contributed by atoms with Crippen molar-refractivity contribution in [3.05, 3.63) is 78.1 Å². The minimum absolute atomic E-state index is 0.0309. The lowest BCUT2D eigenvalue weighted by Crippen LogP contribution is -2.55. The predicted molar refractivity (Wildman–Crippen MR) is 174 cm³/mol. The molecule has 3 amide bonds. The van der Waals surface area contributed by atoms with Crippen LogP contribution in [0.1, 0.15) is 37.8 Å². The molecule has 2 heterocycles. The Hall–Kier alpha value is -5.53. The molecule has 0 spiro atoms. The van der Waals surface area contributed by atoms with Gasteiger partial charge in [-0.25, -0.2) is 9.78 Å². The summed E-state index contributed by atoms with van der Waals surface area (Å²) in [6, 6.07) is 16.1. The van der Waals surface area contributed by atoms with E-state index in [0.717, 1.165) is 11.1 Å². The van der Waals surface area contributed by atoms with Gasteiger partial charge in [0.05, 0.1) is 13.4 Å². The van der Waals surface area contributed by atoms with Crippen LogP contribution < -0.4 is 26.4 Å². The summed E-state index contributed by atoms with van der Waals surface area (Å²) < 4.78 is 12.1. The lowest BCUT2D eigenvalue weighted by molar-refractivity contribution is -0.140. The van der Waals surface area contributed by atoms with Gasteiger partial charge in [0.2, 0.25) is 11.7 Å². The maximum atomic E-state index is 13.5. The molecule has 248 valence electrons. The van der Waals surface area contributed by atoms with Crippen molar-refractivity contribution in [1.29, 1.82) is 0 Å². The maximum Gasteiger partial charge on any atom is 0.408 e. The van der Waals surface area contributed by atoms with Gasteiger partial charge in [0, 0.05) is 19.5 Å². The number of methoxy groups -OCH3 is 1. The number of aryl methyl sites for hydroxylation is 1. The van der Waals surface area contributed by atoms with Gasteiger partial charge in [-0.05, 0) is 29.9 Å². The van der Waals surface area contributed by atoms with E-state index in [1.54, 1.807) is 35.2 Å². The number of hydrogen-bond acceptors (Lipinski definition) is 10. The first kappa shape index (κ1) is 34.3. The van der Waals surface area contributed by atoms with Gasteiger partial charge >= 0.3 is 12.1 Å². The Morgan fingerprint density at radius 3 is 2.26 bits per heavy atom. The van der Waals surface area contributed by atoms with E-state index in [1.807, 2.05) is 50.2 Å².